The Labute approximate surface area is 140 Å². The summed E-state index contributed by atoms with van der Waals surface area (Å²) >= 11 is 3.65. The lowest BCUT2D eigenvalue weighted by Crippen LogP contribution is -2.34. The van der Waals surface area contributed by atoms with Crippen molar-refractivity contribution in [2.45, 2.75) is 12.5 Å². The number of amides is 3. The van der Waals surface area contributed by atoms with Gasteiger partial charge >= 0.3 is 6.03 Å². The van der Waals surface area contributed by atoms with Crippen LogP contribution >= 0.6 is 33.9 Å². The molecule has 0 fully saturated rings. The van der Waals surface area contributed by atoms with Gasteiger partial charge in [-0.3, -0.25) is 4.79 Å². The Balaban J connectivity index is 2.02. The minimum absolute atomic E-state index is 0.134. The van der Waals surface area contributed by atoms with Crippen molar-refractivity contribution in [3.63, 3.8) is 0 Å². The smallest absolute Gasteiger partial charge is 0.312 e. The number of nitrogens with two attached hydrogens (primary N) is 1. The highest BCUT2D eigenvalue weighted by molar-refractivity contribution is 14.1. The van der Waals surface area contributed by atoms with E-state index in [-0.39, 0.29) is 12.3 Å². The van der Waals surface area contributed by atoms with Gasteiger partial charge in [0.05, 0.1) is 12.5 Å². The zero-order valence-corrected chi connectivity index (χ0v) is 14.0. The number of primary amides is 1. The summed E-state index contributed by atoms with van der Waals surface area (Å²) in [7, 11) is 0. The van der Waals surface area contributed by atoms with E-state index in [9.17, 15) is 9.59 Å². The molecule has 3 amide bonds. The molecule has 0 spiro atoms. The number of carbonyl (C=O) groups excluding carboxylic acids is 2. The number of hydrogen-bond donors (Lipinski definition) is 3. The number of hydrogen-bond acceptors (Lipinski definition) is 3. The number of anilines is 1. The molecule has 2 rings (SSSR count). The number of rotatable bonds is 5. The average molecular weight is 415 g/mol. The van der Waals surface area contributed by atoms with Gasteiger partial charge in [-0.1, -0.05) is 12.1 Å². The first-order chi connectivity index (χ1) is 10.0. The lowest BCUT2D eigenvalue weighted by molar-refractivity contribution is -0.116. The molecule has 0 aliphatic carbocycles. The quantitative estimate of drug-likeness (QED) is 0.656. The Hall–Kier alpha value is -1.61. The molecule has 1 heterocycles. The lowest BCUT2D eigenvalue weighted by Gasteiger charge is -2.16. The third-order valence-electron chi connectivity index (χ3n) is 2.70. The van der Waals surface area contributed by atoms with E-state index in [0.717, 1.165) is 14.1 Å². The van der Waals surface area contributed by atoms with Crippen LogP contribution in [0.3, 0.4) is 0 Å². The summed E-state index contributed by atoms with van der Waals surface area (Å²) < 4.78 is 1.04. The first kappa shape index (κ1) is 15.8. The van der Waals surface area contributed by atoms with E-state index in [0.29, 0.717) is 0 Å². The summed E-state index contributed by atoms with van der Waals surface area (Å²) in [4.78, 5) is 24.1. The van der Waals surface area contributed by atoms with Gasteiger partial charge in [0, 0.05) is 14.1 Å². The Morgan fingerprint density at radius 3 is 2.71 bits per heavy atom. The lowest BCUT2D eigenvalue weighted by atomic mass is 10.1. The van der Waals surface area contributed by atoms with Crippen LogP contribution in [0.1, 0.15) is 17.3 Å². The van der Waals surface area contributed by atoms with Gasteiger partial charge in [0.25, 0.3) is 0 Å². The normalized spacial score (nSPS) is 11.7. The molecule has 2 aromatic rings. The molecule has 0 aliphatic heterocycles. The van der Waals surface area contributed by atoms with Crippen molar-refractivity contribution in [2.24, 2.45) is 5.73 Å². The molecule has 5 nitrogen and oxygen atoms in total. The van der Waals surface area contributed by atoms with Crippen molar-refractivity contribution in [3.05, 3.63) is 50.2 Å². The van der Waals surface area contributed by atoms with Crippen molar-refractivity contribution in [3.8, 4) is 0 Å². The average Bonchev–Trinajstić information content (AvgIpc) is 2.91. The Morgan fingerprint density at radius 2 is 2.10 bits per heavy atom. The number of benzene rings is 1. The van der Waals surface area contributed by atoms with Crippen molar-refractivity contribution >= 4 is 51.6 Å². The molecule has 0 saturated carbocycles. The topological polar surface area (TPSA) is 84.2 Å². The van der Waals surface area contributed by atoms with Crippen LogP contribution in [0.5, 0.6) is 0 Å². The fraction of sp³-hybridized carbons (Fsp3) is 0.143. The van der Waals surface area contributed by atoms with Gasteiger partial charge in [-0.05, 0) is 52.2 Å². The van der Waals surface area contributed by atoms with Crippen LogP contribution in [0.4, 0.5) is 10.5 Å². The van der Waals surface area contributed by atoms with E-state index in [4.69, 9.17) is 5.73 Å². The zero-order valence-electron chi connectivity index (χ0n) is 11.0. The van der Waals surface area contributed by atoms with Crippen molar-refractivity contribution < 1.29 is 9.59 Å². The molecule has 0 bridgehead atoms. The highest BCUT2D eigenvalue weighted by atomic mass is 127. The largest absolute Gasteiger partial charge is 0.352 e. The second-order valence-corrected chi connectivity index (χ2v) is 6.56. The van der Waals surface area contributed by atoms with Crippen LogP contribution in [0, 0.1) is 3.57 Å². The molecule has 0 aliphatic rings. The van der Waals surface area contributed by atoms with Gasteiger partial charge < -0.3 is 16.4 Å². The van der Waals surface area contributed by atoms with Crippen LogP contribution in [-0.2, 0) is 4.79 Å². The fourth-order valence-corrected chi connectivity index (χ4v) is 3.17. The van der Waals surface area contributed by atoms with Gasteiger partial charge in [-0.15, -0.1) is 11.3 Å². The van der Waals surface area contributed by atoms with Crippen LogP contribution in [0.25, 0.3) is 0 Å². The van der Waals surface area contributed by atoms with E-state index >= 15 is 0 Å². The maximum absolute atomic E-state index is 12.1. The second-order valence-electron chi connectivity index (χ2n) is 4.34. The molecule has 21 heavy (non-hydrogen) atoms. The Bertz CT molecular complexity index is 631. The minimum Gasteiger partial charge on any atom is -0.352 e. The molecule has 1 unspecified atom stereocenters. The van der Waals surface area contributed by atoms with E-state index < -0.39 is 12.1 Å². The van der Waals surface area contributed by atoms with Crippen molar-refractivity contribution in [1.29, 1.82) is 0 Å². The van der Waals surface area contributed by atoms with Crippen LogP contribution < -0.4 is 16.4 Å². The first-order valence-electron chi connectivity index (χ1n) is 6.19. The van der Waals surface area contributed by atoms with E-state index in [2.05, 4.69) is 33.2 Å². The molecule has 1 aromatic heterocycles. The SMILES string of the molecule is NC(=O)NC(CC(=O)Nc1cccc(I)c1)c1cccs1. The van der Waals surface area contributed by atoms with Gasteiger partial charge in [-0.2, -0.15) is 0 Å². The Morgan fingerprint density at radius 1 is 1.29 bits per heavy atom. The molecule has 1 atom stereocenters. The number of carbonyl (C=O) groups is 2. The van der Waals surface area contributed by atoms with Crippen LogP contribution in [0.15, 0.2) is 41.8 Å². The monoisotopic (exact) mass is 415 g/mol. The predicted octanol–water partition coefficient (Wildman–Crippen LogP) is 3.09. The highest BCUT2D eigenvalue weighted by Crippen LogP contribution is 2.22. The zero-order chi connectivity index (χ0) is 15.2. The maximum atomic E-state index is 12.1. The molecule has 0 radical (unpaired) electrons. The van der Waals surface area contributed by atoms with Gasteiger partial charge in [0.15, 0.2) is 0 Å². The van der Waals surface area contributed by atoms with Gasteiger partial charge in [-0.25, -0.2) is 4.79 Å². The van der Waals surface area contributed by atoms with E-state index in [1.54, 1.807) is 0 Å². The van der Waals surface area contributed by atoms with E-state index in [1.807, 2.05) is 41.8 Å². The third-order valence-corrected chi connectivity index (χ3v) is 4.36. The second kappa shape index (κ2) is 7.41. The third kappa shape index (κ3) is 5.01. The molecular weight excluding hydrogens is 401 g/mol. The summed E-state index contributed by atoms with van der Waals surface area (Å²) in [5.74, 6) is -0.177. The molecule has 1 aromatic carbocycles. The summed E-state index contributed by atoms with van der Waals surface area (Å²) in [6.45, 7) is 0. The highest BCUT2D eigenvalue weighted by Gasteiger charge is 2.18. The molecule has 4 N–H and O–H groups in total. The number of nitrogens with one attached hydrogen (secondary N) is 2. The van der Waals surface area contributed by atoms with Gasteiger partial charge in [0.2, 0.25) is 5.91 Å². The summed E-state index contributed by atoms with van der Waals surface area (Å²) in [6, 6.07) is 10.2. The van der Waals surface area contributed by atoms with Crippen molar-refractivity contribution in [2.75, 3.05) is 5.32 Å². The molecule has 7 heteroatoms. The van der Waals surface area contributed by atoms with Crippen LogP contribution in [-0.4, -0.2) is 11.9 Å². The van der Waals surface area contributed by atoms with Gasteiger partial charge in [0.1, 0.15) is 0 Å². The summed E-state index contributed by atoms with van der Waals surface area (Å²) in [5, 5.41) is 7.31. The summed E-state index contributed by atoms with van der Waals surface area (Å²) in [5.41, 5.74) is 5.90. The minimum atomic E-state index is -0.643. The number of halogens is 1. The van der Waals surface area contributed by atoms with Crippen molar-refractivity contribution in [1.82, 2.24) is 5.32 Å². The van der Waals surface area contributed by atoms with E-state index in [1.165, 1.54) is 11.3 Å². The first-order valence-corrected chi connectivity index (χ1v) is 8.15. The predicted molar refractivity (Wildman–Crippen MR) is 92.2 cm³/mol. The Kier molecular flexibility index (Phi) is 5.57. The fourth-order valence-electron chi connectivity index (χ4n) is 1.85. The molecule has 110 valence electrons. The maximum Gasteiger partial charge on any atom is 0.312 e. The van der Waals surface area contributed by atoms with Crippen LogP contribution in [0.2, 0.25) is 0 Å². The molecule has 0 saturated heterocycles. The summed E-state index contributed by atoms with van der Waals surface area (Å²) in [6.07, 6.45) is 0.134. The number of urea groups is 1. The number of thiophene rings is 1. The standard InChI is InChI=1S/C14H14IN3O2S/c15-9-3-1-4-10(7-9)17-13(19)8-11(18-14(16)20)12-5-2-6-21-12/h1-7,11H,8H2,(H,17,19)(H3,16,18,20). The molecular formula is C14H14IN3O2S.